The quantitative estimate of drug-likeness (QED) is 0.458. The smallest absolute Gasteiger partial charge is 0.255 e. The van der Waals surface area contributed by atoms with Crippen LogP contribution in [0.15, 0.2) is 60.7 Å². The monoisotopic (exact) mass is 398 g/mol. The average molecular weight is 399 g/mol. The Morgan fingerprint density at radius 2 is 1.70 bits per heavy atom. The first-order chi connectivity index (χ1) is 14.5. The van der Waals surface area contributed by atoms with Gasteiger partial charge in [0.2, 0.25) is 0 Å². The maximum Gasteiger partial charge on any atom is 0.255 e. The van der Waals surface area contributed by atoms with Gasteiger partial charge in [-0.25, -0.2) is 0 Å². The van der Waals surface area contributed by atoms with Crippen LogP contribution in [0, 0.1) is 13.8 Å². The number of unbranched alkanes of at least 4 members (excludes halogenated alkanes) is 1. The first-order valence-corrected chi connectivity index (χ1v) is 10.4. The number of anilines is 1. The second-order valence-electron chi connectivity index (χ2n) is 7.74. The van der Waals surface area contributed by atoms with Crippen LogP contribution >= 0.6 is 0 Å². The molecule has 5 heteroatoms. The molecule has 0 fully saturated rings. The molecule has 0 spiro atoms. The molecule has 1 aromatic heterocycles. The lowest BCUT2D eigenvalue weighted by atomic mass is 10.1. The Morgan fingerprint density at radius 3 is 2.40 bits per heavy atom. The minimum Gasteiger partial charge on any atom is -0.322 e. The molecule has 1 amide bonds. The standard InChI is InChI=1S/C25H26N4O/c1-4-5-8-19-10-12-21(13-11-19)29-27-23-15-18(3)22(16-24(23)28-29)26-25(30)20-9-6-7-17(2)14-20/h6-7,9-16H,4-5,8H2,1-3H3,(H,26,30). The SMILES string of the molecule is CCCCc1ccc(-n2nc3cc(C)c(NC(=O)c4cccc(C)c4)cc3n2)cc1. The molecule has 0 aliphatic rings. The Hall–Kier alpha value is -3.47. The van der Waals surface area contributed by atoms with Crippen molar-refractivity contribution >= 4 is 22.6 Å². The van der Waals surface area contributed by atoms with E-state index < -0.39 is 0 Å². The molecule has 0 saturated heterocycles. The van der Waals surface area contributed by atoms with Crippen molar-refractivity contribution in [1.29, 1.82) is 0 Å². The number of fused-ring (bicyclic) bond motifs is 1. The van der Waals surface area contributed by atoms with E-state index in [-0.39, 0.29) is 5.91 Å². The van der Waals surface area contributed by atoms with E-state index >= 15 is 0 Å². The van der Waals surface area contributed by atoms with Gasteiger partial charge in [-0.05, 0) is 74.2 Å². The van der Waals surface area contributed by atoms with Crippen LogP contribution in [0.5, 0.6) is 0 Å². The van der Waals surface area contributed by atoms with E-state index in [0.29, 0.717) is 5.56 Å². The average Bonchev–Trinajstić information content (AvgIpc) is 3.15. The Bertz CT molecular complexity index is 1190. The van der Waals surface area contributed by atoms with Crippen molar-refractivity contribution in [3.05, 3.63) is 82.9 Å². The van der Waals surface area contributed by atoms with E-state index in [4.69, 9.17) is 0 Å². The van der Waals surface area contributed by atoms with Crippen LogP contribution in [0.4, 0.5) is 5.69 Å². The van der Waals surface area contributed by atoms with Crippen LogP contribution in [0.25, 0.3) is 16.7 Å². The molecular formula is C25H26N4O. The minimum absolute atomic E-state index is 0.129. The molecule has 1 N–H and O–H groups in total. The number of hydrogen-bond donors (Lipinski definition) is 1. The molecule has 0 radical (unpaired) electrons. The molecule has 30 heavy (non-hydrogen) atoms. The van der Waals surface area contributed by atoms with Gasteiger partial charge in [-0.2, -0.15) is 4.80 Å². The van der Waals surface area contributed by atoms with Crippen LogP contribution < -0.4 is 5.32 Å². The van der Waals surface area contributed by atoms with Gasteiger partial charge in [-0.15, -0.1) is 10.2 Å². The Balaban J connectivity index is 1.59. The van der Waals surface area contributed by atoms with Crippen LogP contribution in [0.3, 0.4) is 0 Å². The van der Waals surface area contributed by atoms with Gasteiger partial charge in [0.25, 0.3) is 5.91 Å². The Kier molecular flexibility index (Phi) is 5.61. The zero-order valence-corrected chi connectivity index (χ0v) is 17.6. The summed E-state index contributed by atoms with van der Waals surface area (Å²) in [6.07, 6.45) is 3.48. The lowest BCUT2D eigenvalue weighted by Crippen LogP contribution is -2.12. The second-order valence-corrected chi connectivity index (χ2v) is 7.74. The summed E-state index contributed by atoms with van der Waals surface area (Å²) in [5, 5.41) is 12.2. The highest BCUT2D eigenvalue weighted by Gasteiger charge is 2.12. The highest BCUT2D eigenvalue weighted by atomic mass is 16.1. The van der Waals surface area contributed by atoms with Gasteiger partial charge in [0, 0.05) is 11.3 Å². The molecule has 1 heterocycles. The van der Waals surface area contributed by atoms with Crippen LogP contribution in [-0.2, 0) is 6.42 Å². The molecule has 3 aromatic carbocycles. The predicted molar refractivity (Wildman–Crippen MR) is 121 cm³/mol. The van der Waals surface area contributed by atoms with Crippen molar-refractivity contribution in [1.82, 2.24) is 15.0 Å². The Morgan fingerprint density at radius 1 is 0.967 bits per heavy atom. The maximum atomic E-state index is 12.6. The third-order valence-electron chi connectivity index (χ3n) is 5.24. The minimum atomic E-state index is -0.129. The first-order valence-electron chi connectivity index (χ1n) is 10.4. The van der Waals surface area contributed by atoms with Crippen molar-refractivity contribution in [2.75, 3.05) is 5.32 Å². The number of nitrogens with zero attached hydrogens (tertiary/aromatic N) is 3. The zero-order chi connectivity index (χ0) is 21.1. The lowest BCUT2D eigenvalue weighted by Gasteiger charge is -2.08. The van der Waals surface area contributed by atoms with Gasteiger partial charge in [0.15, 0.2) is 0 Å². The van der Waals surface area contributed by atoms with E-state index in [1.165, 1.54) is 18.4 Å². The maximum absolute atomic E-state index is 12.6. The number of aromatic nitrogens is 3. The molecule has 0 aliphatic heterocycles. The molecule has 0 saturated carbocycles. The summed E-state index contributed by atoms with van der Waals surface area (Å²) in [4.78, 5) is 14.3. The van der Waals surface area contributed by atoms with Gasteiger partial charge >= 0.3 is 0 Å². The first kappa shape index (κ1) is 19.8. The van der Waals surface area contributed by atoms with E-state index in [9.17, 15) is 4.79 Å². The van der Waals surface area contributed by atoms with Gasteiger partial charge in [0.1, 0.15) is 11.0 Å². The van der Waals surface area contributed by atoms with Crippen LogP contribution in [0.1, 0.15) is 46.8 Å². The third-order valence-corrected chi connectivity index (χ3v) is 5.24. The number of benzene rings is 3. The fourth-order valence-corrected chi connectivity index (χ4v) is 3.48. The van der Waals surface area contributed by atoms with Crippen molar-refractivity contribution in [3.63, 3.8) is 0 Å². The van der Waals surface area contributed by atoms with Crippen molar-refractivity contribution < 1.29 is 4.79 Å². The molecule has 0 unspecified atom stereocenters. The van der Waals surface area contributed by atoms with E-state index in [1.807, 2.05) is 50.2 Å². The fraction of sp³-hybridized carbons (Fsp3) is 0.240. The van der Waals surface area contributed by atoms with Gasteiger partial charge in [-0.3, -0.25) is 4.79 Å². The molecular weight excluding hydrogens is 372 g/mol. The summed E-state index contributed by atoms with van der Waals surface area (Å²) < 4.78 is 0. The number of carbonyl (C=O) groups excluding carboxylic acids is 1. The van der Waals surface area contributed by atoms with E-state index in [1.54, 1.807) is 4.80 Å². The van der Waals surface area contributed by atoms with E-state index in [0.717, 1.165) is 40.0 Å². The van der Waals surface area contributed by atoms with Crippen molar-refractivity contribution in [2.24, 2.45) is 0 Å². The molecule has 0 bridgehead atoms. The summed E-state index contributed by atoms with van der Waals surface area (Å²) in [6.45, 7) is 6.14. The molecule has 0 atom stereocenters. The molecule has 5 nitrogen and oxygen atoms in total. The number of nitrogens with one attached hydrogen (secondary N) is 1. The number of rotatable bonds is 6. The summed E-state index contributed by atoms with van der Waals surface area (Å²) in [6, 6.07) is 19.8. The summed E-state index contributed by atoms with van der Waals surface area (Å²) in [5.41, 5.74) is 7.19. The number of amides is 1. The highest BCUT2D eigenvalue weighted by molar-refractivity contribution is 6.05. The highest BCUT2D eigenvalue weighted by Crippen LogP contribution is 2.23. The number of carbonyl (C=O) groups is 1. The predicted octanol–water partition coefficient (Wildman–Crippen LogP) is 5.63. The second kappa shape index (κ2) is 8.49. The van der Waals surface area contributed by atoms with Gasteiger partial charge in [-0.1, -0.05) is 43.2 Å². The Labute approximate surface area is 176 Å². The largest absolute Gasteiger partial charge is 0.322 e. The van der Waals surface area contributed by atoms with Gasteiger partial charge < -0.3 is 5.32 Å². The number of hydrogen-bond acceptors (Lipinski definition) is 3. The zero-order valence-electron chi connectivity index (χ0n) is 17.6. The molecule has 4 aromatic rings. The third kappa shape index (κ3) is 4.25. The fourth-order valence-electron chi connectivity index (χ4n) is 3.48. The summed E-state index contributed by atoms with van der Waals surface area (Å²) in [7, 11) is 0. The lowest BCUT2D eigenvalue weighted by molar-refractivity contribution is 0.102. The van der Waals surface area contributed by atoms with Crippen molar-refractivity contribution in [3.8, 4) is 5.69 Å². The molecule has 152 valence electrons. The van der Waals surface area contributed by atoms with Crippen LogP contribution in [-0.4, -0.2) is 20.9 Å². The van der Waals surface area contributed by atoms with E-state index in [2.05, 4.69) is 46.7 Å². The normalized spacial score (nSPS) is 11.0. The molecule has 0 aliphatic carbocycles. The van der Waals surface area contributed by atoms with Crippen molar-refractivity contribution in [2.45, 2.75) is 40.0 Å². The summed E-state index contributed by atoms with van der Waals surface area (Å²) >= 11 is 0. The number of aryl methyl sites for hydroxylation is 3. The summed E-state index contributed by atoms with van der Waals surface area (Å²) in [5.74, 6) is -0.129. The van der Waals surface area contributed by atoms with Gasteiger partial charge in [0.05, 0.1) is 5.69 Å². The topological polar surface area (TPSA) is 59.8 Å². The molecule has 4 rings (SSSR count). The van der Waals surface area contributed by atoms with Crippen LogP contribution in [0.2, 0.25) is 0 Å².